The van der Waals surface area contributed by atoms with Crippen molar-refractivity contribution >= 4 is 11.6 Å². The summed E-state index contributed by atoms with van der Waals surface area (Å²) in [5.41, 5.74) is 2.60. The van der Waals surface area contributed by atoms with Crippen molar-refractivity contribution in [3.8, 4) is 11.5 Å². The van der Waals surface area contributed by atoms with Gasteiger partial charge in [0.1, 0.15) is 13.2 Å². The van der Waals surface area contributed by atoms with E-state index in [0.717, 1.165) is 12.8 Å². The highest BCUT2D eigenvalue weighted by molar-refractivity contribution is 6.04. The Morgan fingerprint density at radius 1 is 1.05 bits per heavy atom. The third-order valence-electron chi connectivity index (χ3n) is 3.55. The van der Waals surface area contributed by atoms with Gasteiger partial charge in [-0.25, -0.2) is 0 Å². The Hall–Kier alpha value is -2.49. The zero-order valence-corrected chi connectivity index (χ0v) is 12.6. The van der Waals surface area contributed by atoms with Gasteiger partial charge in [0.2, 0.25) is 0 Å². The van der Waals surface area contributed by atoms with Crippen molar-refractivity contribution in [3.63, 3.8) is 0 Å². The third-order valence-corrected chi connectivity index (χ3v) is 3.55. The number of ether oxygens (including phenoxy) is 2. The molecule has 114 valence electrons. The van der Waals surface area contributed by atoms with Gasteiger partial charge in [-0.3, -0.25) is 4.79 Å². The lowest BCUT2D eigenvalue weighted by molar-refractivity contribution is 0.102. The van der Waals surface area contributed by atoms with E-state index in [4.69, 9.17) is 9.47 Å². The van der Waals surface area contributed by atoms with Crippen LogP contribution in [0.1, 0.15) is 29.3 Å². The molecule has 0 aliphatic carbocycles. The Morgan fingerprint density at radius 3 is 2.50 bits per heavy atom. The molecule has 2 aromatic rings. The first-order valence-corrected chi connectivity index (χ1v) is 7.56. The molecule has 0 radical (unpaired) electrons. The second-order valence-corrected chi connectivity index (χ2v) is 5.26. The van der Waals surface area contributed by atoms with E-state index in [-0.39, 0.29) is 5.91 Å². The Morgan fingerprint density at radius 2 is 1.77 bits per heavy atom. The van der Waals surface area contributed by atoms with Crippen molar-refractivity contribution in [2.45, 2.75) is 19.8 Å². The highest BCUT2D eigenvalue weighted by atomic mass is 16.6. The molecule has 1 amide bonds. The maximum Gasteiger partial charge on any atom is 0.255 e. The van der Waals surface area contributed by atoms with Crippen LogP contribution in [0.5, 0.6) is 11.5 Å². The zero-order valence-electron chi connectivity index (χ0n) is 12.6. The standard InChI is InChI=1S/C18H19NO3/c1-2-3-13-4-6-14(7-5-13)18(20)19-15-8-9-16-17(12-15)22-11-10-21-16/h4-9,12H,2-3,10-11H2,1H3,(H,19,20). The maximum atomic E-state index is 12.3. The van der Waals surface area contributed by atoms with Gasteiger partial charge in [-0.1, -0.05) is 25.5 Å². The summed E-state index contributed by atoms with van der Waals surface area (Å²) in [5, 5.41) is 2.89. The third kappa shape index (κ3) is 3.22. The maximum absolute atomic E-state index is 12.3. The average molecular weight is 297 g/mol. The average Bonchev–Trinajstić information content (AvgIpc) is 2.56. The Balaban J connectivity index is 1.71. The molecule has 3 rings (SSSR count). The van der Waals surface area contributed by atoms with Crippen LogP contribution in [-0.4, -0.2) is 19.1 Å². The van der Waals surface area contributed by atoms with Gasteiger partial charge in [-0.15, -0.1) is 0 Å². The van der Waals surface area contributed by atoms with Crippen LogP contribution in [-0.2, 0) is 6.42 Å². The van der Waals surface area contributed by atoms with Crippen LogP contribution in [0.4, 0.5) is 5.69 Å². The fraction of sp³-hybridized carbons (Fsp3) is 0.278. The summed E-state index contributed by atoms with van der Waals surface area (Å²) >= 11 is 0. The first kappa shape index (κ1) is 14.4. The largest absolute Gasteiger partial charge is 0.486 e. The summed E-state index contributed by atoms with van der Waals surface area (Å²) < 4.78 is 11.0. The van der Waals surface area contributed by atoms with Crippen molar-refractivity contribution in [1.29, 1.82) is 0 Å². The van der Waals surface area contributed by atoms with E-state index in [1.807, 2.05) is 36.4 Å². The second-order valence-electron chi connectivity index (χ2n) is 5.26. The number of carbonyl (C=O) groups excluding carboxylic acids is 1. The van der Waals surface area contributed by atoms with E-state index < -0.39 is 0 Å². The van der Waals surface area contributed by atoms with Crippen molar-refractivity contribution in [1.82, 2.24) is 0 Å². The number of benzene rings is 2. The Kier molecular flexibility index (Phi) is 4.28. The molecule has 2 aromatic carbocycles. The number of aryl methyl sites for hydroxylation is 1. The van der Waals surface area contributed by atoms with Crippen LogP contribution in [0.25, 0.3) is 0 Å². The molecule has 1 N–H and O–H groups in total. The number of nitrogens with one attached hydrogen (secondary N) is 1. The van der Waals surface area contributed by atoms with Crippen LogP contribution in [0.2, 0.25) is 0 Å². The minimum Gasteiger partial charge on any atom is -0.486 e. The van der Waals surface area contributed by atoms with E-state index in [0.29, 0.717) is 36.0 Å². The van der Waals surface area contributed by atoms with Crippen LogP contribution in [0.3, 0.4) is 0 Å². The molecule has 0 saturated heterocycles. The number of hydrogen-bond donors (Lipinski definition) is 1. The number of carbonyl (C=O) groups is 1. The molecule has 0 fully saturated rings. The smallest absolute Gasteiger partial charge is 0.255 e. The summed E-state index contributed by atoms with van der Waals surface area (Å²) in [4.78, 5) is 12.3. The monoisotopic (exact) mass is 297 g/mol. The van der Waals surface area contributed by atoms with Gasteiger partial charge < -0.3 is 14.8 Å². The topological polar surface area (TPSA) is 47.6 Å². The van der Waals surface area contributed by atoms with Gasteiger partial charge in [-0.2, -0.15) is 0 Å². The number of hydrogen-bond acceptors (Lipinski definition) is 3. The lowest BCUT2D eigenvalue weighted by Gasteiger charge is -2.19. The van der Waals surface area contributed by atoms with E-state index >= 15 is 0 Å². The molecule has 1 aliphatic rings. The lowest BCUT2D eigenvalue weighted by Crippen LogP contribution is -2.16. The summed E-state index contributed by atoms with van der Waals surface area (Å²) in [7, 11) is 0. The lowest BCUT2D eigenvalue weighted by atomic mass is 10.1. The minimum absolute atomic E-state index is 0.125. The van der Waals surface area contributed by atoms with Crippen molar-refractivity contribution < 1.29 is 14.3 Å². The van der Waals surface area contributed by atoms with Crippen LogP contribution >= 0.6 is 0 Å². The molecule has 4 nitrogen and oxygen atoms in total. The predicted octanol–water partition coefficient (Wildman–Crippen LogP) is 3.66. The Bertz CT molecular complexity index is 665. The first-order valence-electron chi connectivity index (χ1n) is 7.56. The van der Waals surface area contributed by atoms with Gasteiger partial charge in [0.15, 0.2) is 11.5 Å². The molecule has 0 atom stereocenters. The van der Waals surface area contributed by atoms with Gasteiger partial charge in [0.25, 0.3) is 5.91 Å². The molecule has 0 saturated carbocycles. The zero-order chi connectivity index (χ0) is 15.4. The molecular formula is C18H19NO3. The second kappa shape index (κ2) is 6.52. The van der Waals surface area contributed by atoms with Crippen molar-refractivity contribution in [3.05, 3.63) is 53.6 Å². The SMILES string of the molecule is CCCc1ccc(C(=O)Nc2ccc3c(c2)OCCO3)cc1. The van der Waals surface area contributed by atoms with Gasteiger partial charge in [0, 0.05) is 17.3 Å². The molecule has 4 heteroatoms. The fourth-order valence-electron chi connectivity index (χ4n) is 2.44. The van der Waals surface area contributed by atoms with E-state index in [1.165, 1.54) is 5.56 Å². The molecule has 0 bridgehead atoms. The summed E-state index contributed by atoms with van der Waals surface area (Å²) in [5.74, 6) is 1.26. The van der Waals surface area contributed by atoms with E-state index in [1.54, 1.807) is 6.07 Å². The summed E-state index contributed by atoms with van der Waals surface area (Å²) in [6.45, 7) is 3.23. The highest BCUT2D eigenvalue weighted by Crippen LogP contribution is 2.32. The van der Waals surface area contributed by atoms with Crippen molar-refractivity contribution in [2.75, 3.05) is 18.5 Å². The molecular weight excluding hydrogens is 278 g/mol. The number of fused-ring (bicyclic) bond motifs is 1. The number of amides is 1. The van der Waals surface area contributed by atoms with Crippen molar-refractivity contribution in [2.24, 2.45) is 0 Å². The summed E-state index contributed by atoms with van der Waals surface area (Å²) in [6, 6.07) is 13.1. The normalized spacial score (nSPS) is 12.8. The predicted molar refractivity (Wildman–Crippen MR) is 85.8 cm³/mol. The molecule has 0 unspecified atom stereocenters. The quantitative estimate of drug-likeness (QED) is 0.936. The molecule has 0 spiro atoms. The van der Waals surface area contributed by atoms with Gasteiger partial charge in [-0.05, 0) is 36.2 Å². The molecule has 0 aromatic heterocycles. The molecule has 22 heavy (non-hydrogen) atoms. The minimum atomic E-state index is -0.125. The van der Waals surface area contributed by atoms with Crippen LogP contribution in [0.15, 0.2) is 42.5 Å². The van der Waals surface area contributed by atoms with Gasteiger partial charge >= 0.3 is 0 Å². The molecule has 1 heterocycles. The Labute approximate surface area is 130 Å². The van der Waals surface area contributed by atoms with Crippen LogP contribution in [0, 0.1) is 0 Å². The number of anilines is 1. The highest BCUT2D eigenvalue weighted by Gasteiger charge is 2.13. The fourth-order valence-corrected chi connectivity index (χ4v) is 2.44. The summed E-state index contributed by atoms with van der Waals surface area (Å²) in [6.07, 6.45) is 2.13. The number of rotatable bonds is 4. The van der Waals surface area contributed by atoms with Crippen LogP contribution < -0.4 is 14.8 Å². The van der Waals surface area contributed by atoms with E-state index in [9.17, 15) is 4.79 Å². The van der Waals surface area contributed by atoms with E-state index in [2.05, 4.69) is 12.2 Å². The molecule has 1 aliphatic heterocycles. The first-order chi connectivity index (χ1) is 10.8. The van der Waals surface area contributed by atoms with Gasteiger partial charge in [0.05, 0.1) is 0 Å².